The first-order chi connectivity index (χ1) is 9.76. The fourth-order valence-corrected chi connectivity index (χ4v) is 2.50. The van der Waals surface area contributed by atoms with Crippen molar-refractivity contribution in [1.82, 2.24) is 9.97 Å². The monoisotopic (exact) mass is 273 g/mol. The average molecular weight is 273 g/mol. The van der Waals surface area contributed by atoms with Crippen LogP contribution in [0.15, 0.2) is 18.2 Å². The van der Waals surface area contributed by atoms with Crippen molar-refractivity contribution in [3.63, 3.8) is 0 Å². The van der Waals surface area contributed by atoms with Crippen molar-refractivity contribution < 1.29 is 9.53 Å². The summed E-state index contributed by atoms with van der Waals surface area (Å²) in [7, 11) is 0. The topological polar surface area (TPSA) is 67.0 Å². The van der Waals surface area contributed by atoms with Gasteiger partial charge < -0.3 is 15.0 Å². The summed E-state index contributed by atoms with van der Waals surface area (Å²) in [5.41, 5.74) is 2.65. The number of hydrogen-bond acceptors (Lipinski definition) is 3. The van der Waals surface area contributed by atoms with Gasteiger partial charge in [0.25, 0.3) is 0 Å². The summed E-state index contributed by atoms with van der Waals surface area (Å²) in [4.78, 5) is 19.5. The molecule has 20 heavy (non-hydrogen) atoms. The highest BCUT2D eigenvalue weighted by atomic mass is 16.5. The Labute approximate surface area is 117 Å². The van der Waals surface area contributed by atoms with E-state index in [0.717, 1.165) is 48.4 Å². The van der Waals surface area contributed by atoms with Crippen LogP contribution in [-0.2, 0) is 9.53 Å². The predicted octanol–water partition coefficient (Wildman–Crippen LogP) is 3.15. The molecule has 0 spiro atoms. The molecular formula is C15H19N3O2. The molecule has 1 aromatic heterocycles. The Morgan fingerprint density at radius 2 is 2.45 bits per heavy atom. The van der Waals surface area contributed by atoms with Crippen molar-refractivity contribution in [3.8, 4) is 0 Å². The minimum Gasteiger partial charge on any atom is -0.370 e. The van der Waals surface area contributed by atoms with Gasteiger partial charge in [-0.25, -0.2) is 4.98 Å². The van der Waals surface area contributed by atoms with Crippen molar-refractivity contribution in [3.05, 3.63) is 24.0 Å². The highest BCUT2D eigenvalue weighted by Crippen LogP contribution is 2.28. The van der Waals surface area contributed by atoms with E-state index < -0.39 is 0 Å². The fourth-order valence-electron chi connectivity index (χ4n) is 2.50. The summed E-state index contributed by atoms with van der Waals surface area (Å²) in [5.74, 6) is 0.931. The van der Waals surface area contributed by atoms with Crippen LogP contribution in [0.25, 0.3) is 11.0 Å². The van der Waals surface area contributed by atoms with Crippen LogP contribution in [0.2, 0.25) is 0 Å². The molecule has 1 saturated heterocycles. The number of nitrogens with zero attached hydrogens (tertiary/aromatic N) is 1. The molecule has 106 valence electrons. The number of fused-ring (bicyclic) bond motifs is 1. The Morgan fingerprint density at radius 3 is 3.20 bits per heavy atom. The van der Waals surface area contributed by atoms with Gasteiger partial charge in [-0.1, -0.05) is 6.92 Å². The van der Waals surface area contributed by atoms with E-state index in [0.29, 0.717) is 6.42 Å². The number of amides is 1. The van der Waals surface area contributed by atoms with Crippen molar-refractivity contribution >= 4 is 22.6 Å². The molecule has 1 unspecified atom stereocenters. The van der Waals surface area contributed by atoms with Gasteiger partial charge in [0.15, 0.2) is 0 Å². The standard InChI is InChI=1S/C15H19N3O2/c1-2-4-14(19)16-10-6-7-11-12(9-10)18-15(17-11)13-5-3-8-20-13/h6-7,9,13H,2-5,8H2,1H3,(H,16,19)(H,17,18). The number of imidazole rings is 1. The molecule has 1 atom stereocenters. The summed E-state index contributed by atoms with van der Waals surface area (Å²) in [5, 5.41) is 2.90. The minimum atomic E-state index is 0.0470. The second-order valence-electron chi connectivity index (χ2n) is 5.15. The van der Waals surface area contributed by atoms with Crippen LogP contribution >= 0.6 is 0 Å². The van der Waals surface area contributed by atoms with E-state index in [1.165, 1.54) is 0 Å². The molecule has 0 radical (unpaired) electrons. The zero-order valence-corrected chi connectivity index (χ0v) is 11.6. The van der Waals surface area contributed by atoms with Gasteiger partial charge in [-0.15, -0.1) is 0 Å². The van der Waals surface area contributed by atoms with Gasteiger partial charge in [0.1, 0.15) is 11.9 Å². The third-order valence-electron chi connectivity index (χ3n) is 3.50. The van der Waals surface area contributed by atoms with Crippen LogP contribution in [0.5, 0.6) is 0 Å². The maximum absolute atomic E-state index is 11.6. The number of benzene rings is 1. The maximum Gasteiger partial charge on any atom is 0.224 e. The highest BCUT2D eigenvalue weighted by Gasteiger charge is 2.21. The van der Waals surface area contributed by atoms with E-state index >= 15 is 0 Å². The Hall–Kier alpha value is -1.88. The van der Waals surface area contributed by atoms with Crippen molar-refractivity contribution in [2.75, 3.05) is 11.9 Å². The summed E-state index contributed by atoms with van der Waals surface area (Å²) < 4.78 is 5.63. The molecule has 1 aromatic carbocycles. The molecule has 1 amide bonds. The normalized spacial score (nSPS) is 18.6. The lowest BCUT2D eigenvalue weighted by molar-refractivity contribution is -0.116. The first kappa shape index (κ1) is 13.1. The Kier molecular flexibility index (Phi) is 3.69. The fraction of sp³-hybridized carbons (Fsp3) is 0.467. The molecule has 1 fully saturated rings. The number of nitrogens with one attached hydrogen (secondary N) is 2. The van der Waals surface area contributed by atoms with Crippen LogP contribution in [0.1, 0.15) is 44.5 Å². The molecule has 5 nitrogen and oxygen atoms in total. The number of aromatic amines is 1. The van der Waals surface area contributed by atoms with Gasteiger partial charge in [-0.05, 0) is 37.5 Å². The number of rotatable bonds is 4. The van der Waals surface area contributed by atoms with Crippen molar-refractivity contribution in [1.29, 1.82) is 0 Å². The summed E-state index contributed by atoms with van der Waals surface area (Å²) >= 11 is 0. The highest BCUT2D eigenvalue weighted by molar-refractivity contribution is 5.93. The Morgan fingerprint density at radius 1 is 1.55 bits per heavy atom. The largest absolute Gasteiger partial charge is 0.370 e. The second-order valence-corrected chi connectivity index (χ2v) is 5.15. The van der Waals surface area contributed by atoms with E-state index in [9.17, 15) is 4.79 Å². The third kappa shape index (κ3) is 2.67. The number of hydrogen-bond donors (Lipinski definition) is 2. The predicted molar refractivity (Wildman–Crippen MR) is 77.6 cm³/mol. The summed E-state index contributed by atoms with van der Waals surface area (Å²) in [6.07, 6.45) is 3.57. The number of carbonyl (C=O) groups excluding carboxylic acids is 1. The van der Waals surface area contributed by atoms with Crippen LogP contribution < -0.4 is 5.32 Å². The van der Waals surface area contributed by atoms with E-state index in [4.69, 9.17) is 4.74 Å². The quantitative estimate of drug-likeness (QED) is 0.899. The van der Waals surface area contributed by atoms with Gasteiger partial charge >= 0.3 is 0 Å². The molecule has 2 heterocycles. The van der Waals surface area contributed by atoms with Crippen LogP contribution in [0, 0.1) is 0 Å². The second kappa shape index (κ2) is 5.63. The van der Waals surface area contributed by atoms with E-state index in [1.54, 1.807) is 0 Å². The summed E-state index contributed by atoms with van der Waals surface area (Å²) in [6.45, 7) is 2.80. The number of ether oxygens (including phenoxy) is 1. The number of anilines is 1. The molecular weight excluding hydrogens is 254 g/mol. The van der Waals surface area contributed by atoms with Crippen LogP contribution in [-0.4, -0.2) is 22.5 Å². The van der Waals surface area contributed by atoms with Gasteiger partial charge in [-0.3, -0.25) is 4.79 Å². The smallest absolute Gasteiger partial charge is 0.224 e. The van der Waals surface area contributed by atoms with Crippen molar-refractivity contribution in [2.24, 2.45) is 0 Å². The molecule has 1 aliphatic rings. The summed E-state index contributed by atoms with van der Waals surface area (Å²) in [6, 6.07) is 5.73. The van der Waals surface area contributed by atoms with Crippen LogP contribution in [0.3, 0.4) is 0 Å². The first-order valence-corrected chi connectivity index (χ1v) is 7.17. The van der Waals surface area contributed by atoms with E-state index in [1.807, 2.05) is 25.1 Å². The maximum atomic E-state index is 11.6. The lowest BCUT2D eigenvalue weighted by atomic mass is 10.2. The van der Waals surface area contributed by atoms with Crippen LogP contribution in [0.4, 0.5) is 5.69 Å². The van der Waals surface area contributed by atoms with Gasteiger partial charge in [0.05, 0.1) is 11.0 Å². The molecule has 5 heteroatoms. The Bertz CT molecular complexity index is 615. The SMILES string of the molecule is CCCC(=O)Nc1ccc2nc(C3CCCO3)[nH]c2c1. The van der Waals surface area contributed by atoms with Gasteiger partial charge in [-0.2, -0.15) is 0 Å². The van der Waals surface area contributed by atoms with Crippen molar-refractivity contribution in [2.45, 2.75) is 38.7 Å². The lowest BCUT2D eigenvalue weighted by Crippen LogP contribution is -2.10. The number of H-pyrrole nitrogens is 1. The molecule has 1 aliphatic heterocycles. The Balaban J connectivity index is 1.81. The van der Waals surface area contributed by atoms with E-state index in [2.05, 4.69) is 15.3 Å². The molecule has 0 aliphatic carbocycles. The third-order valence-corrected chi connectivity index (χ3v) is 3.50. The van der Waals surface area contributed by atoms with E-state index in [-0.39, 0.29) is 12.0 Å². The first-order valence-electron chi connectivity index (χ1n) is 7.17. The van der Waals surface area contributed by atoms with Gasteiger partial charge in [0, 0.05) is 18.7 Å². The number of carbonyl (C=O) groups is 1. The molecule has 2 aromatic rings. The molecule has 0 bridgehead atoms. The zero-order valence-electron chi connectivity index (χ0n) is 11.6. The minimum absolute atomic E-state index is 0.0470. The molecule has 0 saturated carbocycles. The molecule has 2 N–H and O–H groups in total. The van der Waals surface area contributed by atoms with Gasteiger partial charge in [0.2, 0.25) is 5.91 Å². The molecule has 3 rings (SSSR count). The lowest BCUT2D eigenvalue weighted by Gasteiger charge is -2.04. The zero-order chi connectivity index (χ0) is 13.9. The number of aromatic nitrogens is 2. The average Bonchev–Trinajstić information content (AvgIpc) is 3.07.